The smallest absolute Gasteiger partial charge is 0.309 e. The molecule has 0 N–H and O–H groups in total. The van der Waals surface area contributed by atoms with Crippen molar-refractivity contribution in [3.8, 4) is 0 Å². The molecule has 2 saturated heterocycles. The fourth-order valence-electron chi connectivity index (χ4n) is 4.57. The number of amides is 3. The van der Waals surface area contributed by atoms with Crippen molar-refractivity contribution >= 4 is 23.7 Å². The van der Waals surface area contributed by atoms with Gasteiger partial charge in [-0.3, -0.25) is 9.69 Å². The molecule has 0 radical (unpaired) electrons. The molecule has 0 atom stereocenters. The van der Waals surface area contributed by atoms with Gasteiger partial charge in [0.1, 0.15) is 5.54 Å². The Morgan fingerprint density at radius 1 is 1.07 bits per heavy atom. The Balaban J connectivity index is 1.74. The molecule has 5 nitrogen and oxygen atoms in total. The van der Waals surface area contributed by atoms with Crippen molar-refractivity contribution in [1.82, 2.24) is 14.7 Å². The summed E-state index contributed by atoms with van der Waals surface area (Å²) < 4.78 is 0. The lowest BCUT2D eigenvalue weighted by atomic mass is 9.85. The van der Waals surface area contributed by atoms with Crippen LogP contribution < -0.4 is 0 Å². The second kappa shape index (κ2) is 9.98. The van der Waals surface area contributed by atoms with Crippen LogP contribution in [0.4, 0.5) is 4.79 Å². The van der Waals surface area contributed by atoms with Crippen LogP contribution in [-0.4, -0.2) is 76.9 Å². The summed E-state index contributed by atoms with van der Waals surface area (Å²) in [4.78, 5) is 32.6. The van der Waals surface area contributed by atoms with E-state index in [1.54, 1.807) is 0 Å². The molecule has 2 fully saturated rings. The average molecular weight is 418 g/mol. The number of piperidine rings is 1. The maximum atomic E-state index is 13.5. The highest BCUT2D eigenvalue weighted by atomic mass is 32.2. The van der Waals surface area contributed by atoms with Gasteiger partial charge in [0.25, 0.3) is 5.91 Å². The van der Waals surface area contributed by atoms with Gasteiger partial charge in [-0.25, -0.2) is 4.79 Å². The number of carbonyl (C=O) groups is 2. The number of hydrogen-bond donors (Lipinski definition) is 0. The lowest BCUT2D eigenvalue weighted by Crippen LogP contribution is -2.57. The van der Waals surface area contributed by atoms with E-state index in [1.165, 1.54) is 22.6 Å². The van der Waals surface area contributed by atoms with E-state index in [-0.39, 0.29) is 17.9 Å². The van der Waals surface area contributed by atoms with Crippen molar-refractivity contribution in [2.75, 3.05) is 44.7 Å². The third-order valence-electron chi connectivity index (χ3n) is 6.14. The van der Waals surface area contributed by atoms with Gasteiger partial charge in [0, 0.05) is 26.2 Å². The SMILES string of the molecule is CSCCCN1CCC2(CC1)C(=O)N(CC(C)C)C(=O)N2CCc1ccccc1. The summed E-state index contributed by atoms with van der Waals surface area (Å²) in [6.07, 6.45) is 5.61. The molecule has 0 unspecified atom stereocenters. The number of nitrogens with zero attached hydrogens (tertiary/aromatic N) is 3. The molecule has 0 bridgehead atoms. The lowest BCUT2D eigenvalue weighted by Gasteiger charge is -2.42. The molecule has 0 aliphatic carbocycles. The number of imide groups is 1. The second-order valence-electron chi connectivity index (χ2n) is 8.70. The van der Waals surface area contributed by atoms with Gasteiger partial charge in [-0.05, 0) is 55.7 Å². The number of carbonyl (C=O) groups excluding carboxylic acids is 2. The molecular weight excluding hydrogens is 382 g/mol. The minimum Gasteiger partial charge on any atom is -0.309 e. The molecule has 160 valence electrons. The van der Waals surface area contributed by atoms with Crippen molar-refractivity contribution in [2.24, 2.45) is 5.92 Å². The molecule has 0 saturated carbocycles. The third-order valence-corrected chi connectivity index (χ3v) is 6.84. The molecule has 1 aromatic rings. The first kappa shape index (κ1) is 22.2. The monoisotopic (exact) mass is 417 g/mol. The van der Waals surface area contributed by atoms with Gasteiger partial charge in [0.05, 0.1) is 0 Å². The fraction of sp³-hybridized carbons (Fsp3) is 0.652. The van der Waals surface area contributed by atoms with Crippen molar-refractivity contribution in [1.29, 1.82) is 0 Å². The topological polar surface area (TPSA) is 43.9 Å². The van der Waals surface area contributed by atoms with E-state index in [9.17, 15) is 9.59 Å². The van der Waals surface area contributed by atoms with Crippen LogP contribution in [0.1, 0.15) is 38.7 Å². The zero-order valence-corrected chi connectivity index (χ0v) is 18.9. The molecule has 6 heteroatoms. The van der Waals surface area contributed by atoms with Crippen LogP contribution >= 0.6 is 11.8 Å². The predicted octanol–water partition coefficient (Wildman–Crippen LogP) is 3.74. The van der Waals surface area contributed by atoms with Gasteiger partial charge < -0.3 is 9.80 Å². The average Bonchev–Trinajstić information content (AvgIpc) is 2.90. The number of hydrogen-bond acceptors (Lipinski definition) is 4. The highest BCUT2D eigenvalue weighted by Gasteiger charge is 2.57. The van der Waals surface area contributed by atoms with Crippen LogP contribution in [0.3, 0.4) is 0 Å². The second-order valence-corrected chi connectivity index (χ2v) is 9.68. The number of thioether (sulfide) groups is 1. The number of urea groups is 1. The molecule has 2 heterocycles. The Morgan fingerprint density at radius 2 is 1.76 bits per heavy atom. The Labute approximate surface area is 179 Å². The van der Waals surface area contributed by atoms with E-state index < -0.39 is 5.54 Å². The molecule has 2 aliphatic heterocycles. The van der Waals surface area contributed by atoms with Gasteiger partial charge in [0.15, 0.2) is 0 Å². The van der Waals surface area contributed by atoms with E-state index >= 15 is 0 Å². The maximum absolute atomic E-state index is 13.5. The predicted molar refractivity (Wildman–Crippen MR) is 120 cm³/mol. The Morgan fingerprint density at radius 3 is 2.38 bits per heavy atom. The van der Waals surface area contributed by atoms with Crippen molar-refractivity contribution in [3.63, 3.8) is 0 Å². The summed E-state index contributed by atoms with van der Waals surface area (Å²) in [5, 5.41) is 0. The highest BCUT2D eigenvalue weighted by molar-refractivity contribution is 7.98. The van der Waals surface area contributed by atoms with Crippen molar-refractivity contribution in [3.05, 3.63) is 35.9 Å². The molecule has 3 amide bonds. The number of benzene rings is 1. The number of likely N-dealkylation sites (tertiary alicyclic amines) is 1. The van der Waals surface area contributed by atoms with Gasteiger partial charge in [-0.1, -0.05) is 44.2 Å². The Bertz CT molecular complexity index is 687. The molecular formula is C23H35N3O2S. The Hall–Kier alpha value is -1.53. The summed E-state index contributed by atoms with van der Waals surface area (Å²) in [6, 6.07) is 10.2. The molecule has 1 spiro atoms. The van der Waals surface area contributed by atoms with Crippen LogP contribution in [0.25, 0.3) is 0 Å². The summed E-state index contributed by atoms with van der Waals surface area (Å²) in [7, 11) is 0. The van der Waals surface area contributed by atoms with Crippen LogP contribution in [0.5, 0.6) is 0 Å². The highest BCUT2D eigenvalue weighted by Crippen LogP contribution is 2.37. The summed E-state index contributed by atoms with van der Waals surface area (Å²) in [5.74, 6) is 1.48. The Kier molecular flexibility index (Phi) is 7.63. The maximum Gasteiger partial charge on any atom is 0.327 e. The number of rotatable bonds is 9. The van der Waals surface area contributed by atoms with Gasteiger partial charge in [0.2, 0.25) is 0 Å². The minimum absolute atomic E-state index is 0.0352. The lowest BCUT2D eigenvalue weighted by molar-refractivity contribution is -0.136. The third kappa shape index (κ3) is 4.97. The van der Waals surface area contributed by atoms with Gasteiger partial charge >= 0.3 is 6.03 Å². The molecule has 29 heavy (non-hydrogen) atoms. The normalized spacial score (nSPS) is 19.7. The van der Waals surface area contributed by atoms with E-state index in [0.29, 0.717) is 13.1 Å². The standard InChI is InChI=1S/C23H35N3O2S/c1-19(2)18-25-21(27)23(11-15-24(16-12-23)13-7-17-29-3)26(22(25)28)14-10-20-8-5-4-6-9-20/h4-6,8-9,19H,7,10-18H2,1-3H3. The first-order valence-electron chi connectivity index (χ1n) is 10.9. The summed E-state index contributed by atoms with van der Waals surface area (Å²) >= 11 is 1.88. The van der Waals surface area contributed by atoms with E-state index in [1.807, 2.05) is 34.9 Å². The van der Waals surface area contributed by atoms with E-state index in [4.69, 9.17) is 0 Å². The van der Waals surface area contributed by atoms with Crippen LogP contribution in [0.15, 0.2) is 30.3 Å². The van der Waals surface area contributed by atoms with Crippen LogP contribution in [0.2, 0.25) is 0 Å². The van der Waals surface area contributed by atoms with Crippen LogP contribution in [-0.2, 0) is 11.2 Å². The minimum atomic E-state index is -0.642. The van der Waals surface area contributed by atoms with Crippen molar-refractivity contribution in [2.45, 2.75) is 45.1 Å². The zero-order chi connectivity index (χ0) is 20.9. The molecule has 0 aromatic heterocycles. The zero-order valence-electron chi connectivity index (χ0n) is 18.1. The fourth-order valence-corrected chi connectivity index (χ4v) is 4.98. The van der Waals surface area contributed by atoms with E-state index in [0.717, 1.165) is 38.9 Å². The van der Waals surface area contributed by atoms with Gasteiger partial charge in [-0.2, -0.15) is 11.8 Å². The van der Waals surface area contributed by atoms with Crippen molar-refractivity contribution < 1.29 is 9.59 Å². The molecule has 2 aliphatic rings. The first-order valence-corrected chi connectivity index (χ1v) is 12.3. The summed E-state index contributed by atoms with van der Waals surface area (Å²) in [5.41, 5.74) is 0.566. The van der Waals surface area contributed by atoms with E-state index in [2.05, 4.69) is 37.1 Å². The first-order chi connectivity index (χ1) is 14.0. The van der Waals surface area contributed by atoms with Crippen LogP contribution in [0, 0.1) is 5.92 Å². The molecule has 3 rings (SSSR count). The van der Waals surface area contributed by atoms with Gasteiger partial charge in [-0.15, -0.1) is 0 Å². The quantitative estimate of drug-likeness (QED) is 0.454. The summed E-state index contributed by atoms with van der Waals surface area (Å²) in [6.45, 7) is 8.12. The molecule has 1 aromatic carbocycles. The largest absolute Gasteiger partial charge is 0.327 e.